The molecule has 2 rings (SSSR count). The molecule has 0 radical (unpaired) electrons. The lowest BCUT2D eigenvalue weighted by Gasteiger charge is -2.06. The van der Waals surface area contributed by atoms with E-state index in [1.54, 1.807) is 62.4 Å². The lowest BCUT2D eigenvalue weighted by Crippen LogP contribution is -2.07. The third kappa shape index (κ3) is 4.52. The van der Waals surface area contributed by atoms with Crippen molar-refractivity contribution in [1.29, 1.82) is 0 Å². The van der Waals surface area contributed by atoms with Crippen molar-refractivity contribution < 1.29 is 23.9 Å². The monoisotopic (exact) mass is 326 g/mol. The molecule has 0 spiro atoms. The van der Waals surface area contributed by atoms with Gasteiger partial charge in [-0.1, -0.05) is 13.8 Å². The molecule has 2 aromatic carbocycles. The highest BCUT2D eigenvalue weighted by atomic mass is 16.5. The molecule has 0 atom stereocenters. The number of benzene rings is 2. The van der Waals surface area contributed by atoms with Crippen LogP contribution in [0.3, 0.4) is 0 Å². The highest BCUT2D eigenvalue weighted by molar-refractivity contribution is 6.09. The third-order valence-electron chi connectivity index (χ3n) is 3.27. The number of hydrogen-bond donors (Lipinski definition) is 0. The van der Waals surface area contributed by atoms with Gasteiger partial charge in [0.05, 0.1) is 0 Å². The van der Waals surface area contributed by atoms with Crippen molar-refractivity contribution >= 4 is 17.7 Å². The van der Waals surface area contributed by atoms with Crippen LogP contribution in [0.1, 0.15) is 42.6 Å². The smallest absolute Gasteiger partial charge is 0.310 e. The van der Waals surface area contributed by atoms with Gasteiger partial charge in [-0.15, -0.1) is 0 Å². The van der Waals surface area contributed by atoms with Gasteiger partial charge in [0.25, 0.3) is 0 Å². The van der Waals surface area contributed by atoms with E-state index in [1.165, 1.54) is 0 Å². The van der Waals surface area contributed by atoms with Crippen molar-refractivity contribution in [3.8, 4) is 11.5 Å². The quantitative estimate of drug-likeness (QED) is 0.461. The fourth-order valence-electron chi connectivity index (χ4n) is 1.92. The highest BCUT2D eigenvalue weighted by Gasteiger charge is 2.11. The summed E-state index contributed by atoms with van der Waals surface area (Å²) in [6.45, 7) is 3.42. The maximum absolute atomic E-state index is 12.4. The molecule has 24 heavy (non-hydrogen) atoms. The van der Waals surface area contributed by atoms with Crippen LogP contribution in [-0.2, 0) is 9.59 Å². The number of hydrogen-bond acceptors (Lipinski definition) is 5. The molecule has 0 aliphatic carbocycles. The van der Waals surface area contributed by atoms with Gasteiger partial charge in [-0.2, -0.15) is 0 Å². The van der Waals surface area contributed by atoms with Crippen molar-refractivity contribution in [3.05, 3.63) is 59.7 Å². The predicted molar refractivity (Wildman–Crippen MR) is 88.2 cm³/mol. The SMILES string of the molecule is CCC(=O)Oc1ccc(C(=O)c2ccc(OC(=O)CC)cc2)cc1. The van der Waals surface area contributed by atoms with Gasteiger partial charge in [0.2, 0.25) is 0 Å². The summed E-state index contributed by atoms with van der Waals surface area (Å²) in [6, 6.07) is 12.7. The van der Waals surface area contributed by atoms with E-state index in [9.17, 15) is 14.4 Å². The molecule has 0 fully saturated rings. The van der Waals surface area contributed by atoms with E-state index in [1.807, 2.05) is 0 Å². The molecule has 0 N–H and O–H groups in total. The molecular formula is C19H18O5. The molecule has 0 unspecified atom stereocenters. The van der Waals surface area contributed by atoms with Crippen LogP contribution in [0, 0.1) is 0 Å². The van der Waals surface area contributed by atoms with Gasteiger partial charge in [-0.25, -0.2) is 0 Å². The van der Waals surface area contributed by atoms with Crippen LogP contribution in [0.4, 0.5) is 0 Å². The number of carbonyl (C=O) groups excluding carboxylic acids is 3. The zero-order chi connectivity index (χ0) is 17.5. The van der Waals surface area contributed by atoms with Gasteiger partial charge in [0, 0.05) is 24.0 Å². The topological polar surface area (TPSA) is 69.7 Å². The Bertz CT molecular complexity index is 666. The minimum atomic E-state index is -0.328. The summed E-state index contributed by atoms with van der Waals surface area (Å²) >= 11 is 0. The van der Waals surface area contributed by atoms with Crippen molar-refractivity contribution in [2.24, 2.45) is 0 Å². The first-order chi connectivity index (χ1) is 11.5. The average molecular weight is 326 g/mol. The Labute approximate surface area is 140 Å². The first-order valence-electron chi connectivity index (χ1n) is 7.69. The molecule has 0 bridgehead atoms. The van der Waals surface area contributed by atoms with Crippen molar-refractivity contribution in [1.82, 2.24) is 0 Å². The van der Waals surface area contributed by atoms with Gasteiger partial charge in [0.15, 0.2) is 5.78 Å². The van der Waals surface area contributed by atoms with E-state index in [4.69, 9.17) is 9.47 Å². The van der Waals surface area contributed by atoms with E-state index in [-0.39, 0.29) is 30.6 Å². The summed E-state index contributed by atoms with van der Waals surface area (Å²) < 4.78 is 10.1. The van der Waals surface area contributed by atoms with Crippen molar-refractivity contribution in [2.45, 2.75) is 26.7 Å². The third-order valence-corrected chi connectivity index (χ3v) is 3.27. The zero-order valence-electron chi connectivity index (χ0n) is 13.6. The zero-order valence-corrected chi connectivity index (χ0v) is 13.6. The fourth-order valence-corrected chi connectivity index (χ4v) is 1.92. The second-order valence-electron chi connectivity index (χ2n) is 5.03. The Morgan fingerprint density at radius 3 is 1.29 bits per heavy atom. The van der Waals surface area contributed by atoms with Crippen LogP contribution in [0.25, 0.3) is 0 Å². The standard InChI is InChI=1S/C19H18O5/c1-3-17(20)23-15-9-5-13(6-10-15)19(22)14-7-11-16(12-8-14)24-18(21)4-2/h5-12H,3-4H2,1-2H3. The molecular weight excluding hydrogens is 308 g/mol. The fraction of sp³-hybridized carbons (Fsp3) is 0.211. The van der Waals surface area contributed by atoms with E-state index < -0.39 is 0 Å². The molecule has 2 aromatic rings. The first-order valence-corrected chi connectivity index (χ1v) is 7.69. The van der Waals surface area contributed by atoms with Crippen LogP contribution in [0.5, 0.6) is 11.5 Å². The molecule has 0 saturated carbocycles. The largest absolute Gasteiger partial charge is 0.427 e. The van der Waals surface area contributed by atoms with Crippen LogP contribution < -0.4 is 9.47 Å². The van der Waals surface area contributed by atoms with E-state index in [2.05, 4.69) is 0 Å². The summed E-state index contributed by atoms with van der Waals surface area (Å²) in [5, 5.41) is 0. The van der Waals surface area contributed by atoms with Gasteiger partial charge in [0.1, 0.15) is 11.5 Å². The second kappa shape index (κ2) is 8.06. The molecule has 5 nitrogen and oxygen atoms in total. The normalized spacial score (nSPS) is 10.1. The Hall–Kier alpha value is -2.95. The number of ether oxygens (including phenoxy) is 2. The summed E-state index contributed by atoms with van der Waals surface area (Å²) in [6.07, 6.45) is 0.575. The lowest BCUT2D eigenvalue weighted by atomic mass is 10.0. The molecule has 0 aromatic heterocycles. The Morgan fingerprint density at radius 2 is 1.00 bits per heavy atom. The summed E-state index contributed by atoms with van der Waals surface area (Å²) in [5.41, 5.74) is 0.953. The maximum Gasteiger partial charge on any atom is 0.310 e. The van der Waals surface area contributed by atoms with E-state index in [0.717, 1.165) is 0 Å². The Morgan fingerprint density at radius 1 is 0.667 bits per heavy atom. The van der Waals surface area contributed by atoms with Crippen molar-refractivity contribution in [2.75, 3.05) is 0 Å². The maximum atomic E-state index is 12.4. The number of carbonyl (C=O) groups is 3. The molecule has 0 saturated heterocycles. The Balaban J connectivity index is 2.08. The van der Waals surface area contributed by atoms with E-state index in [0.29, 0.717) is 22.6 Å². The molecule has 5 heteroatoms. The highest BCUT2D eigenvalue weighted by Crippen LogP contribution is 2.18. The van der Waals surface area contributed by atoms with Gasteiger partial charge >= 0.3 is 11.9 Å². The van der Waals surface area contributed by atoms with E-state index >= 15 is 0 Å². The molecule has 124 valence electrons. The minimum absolute atomic E-state index is 0.170. The molecule has 0 heterocycles. The average Bonchev–Trinajstić information content (AvgIpc) is 2.62. The summed E-state index contributed by atoms with van der Waals surface area (Å²) in [7, 11) is 0. The van der Waals surface area contributed by atoms with Crippen LogP contribution in [0.2, 0.25) is 0 Å². The van der Waals surface area contributed by atoms with Crippen LogP contribution in [0.15, 0.2) is 48.5 Å². The number of esters is 2. The Kier molecular flexibility index (Phi) is 5.84. The minimum Gasteiger partial charge on any atom is -0.427 e. The first kappa shape index (κ1) is 17.4. The second-order valence-corrected chi connectivity index (χ2v) is 5.03. The van der Waals surface area contributed by atoms with Crippen LogP contribution in [-0.4, -0.2) is 17.7 Å². The van der Waals surface area contributed by atoms with Crippen LogP contribution >= 0.6 is 0 Å². The predicted octanol–water partition coefficient (Wildman–Crippen LogP) is 3.55. The molecule has 0 aliphatic heterocycles. The number of ketones is 1. The van der Waals surface area contributed by atoms with Gasteiger partial charge in [-0.3, -0.25) is 14.4 Å². The van der Waals surface area contributed by atoms with Gasteiger partial charge in [-0.05, 0) is 48.5 Å². The number of rotatable bonds is 6. The summed E-state index contributed by atoms with van der Waals surface area (Å²) in [5.74, 6) is -0.0187. The van der Waals surface area contributed by atoms with Crippen molar-refractivity contribution in [3.63, 3.8) is 0 Å². The summed E-state index contributed by atoms with van der Waals surface area (Å²) in [4.78, 5) is 34.9. The van der Waals surface area contributed by atoms with Gasteiger partial charge < -0.3 is 9.47 Å². The molecule has 0 aliphatic rings. The lowest BCUT2D eigenvalue weighted by molar-refractivity contribution is -0.134. The molecule has 0 amide bonds.